The molecule has 0 heterocycles. The number of halogens is 2. The van der Waals surface area contributed by atoms with Crippen LogP contribution in [0.3, 0.4) is 0 Å². The molecule has 0 aliphatic rings. The van der Waals surface area contributed by atoms with Gasteiger partial charge in [-0.25, -0.2) is 22.0 Å². The highest BCUT2D eigenvalue weighted by molar-refractivity contribution is 7.92. The van der Waals surface area contributed by atoms with Gasteiger partial charge in [0.05, 0.1) is 21.8 Å². The zero-order valence-electron chi connectivity index (χ0n) is 14.6. The van der Waals surface area contributed by atoms with Crippen LogP contribution >= 0.6 is 0 Å². The molecule has 2 rings (SSSR count). The molecule has 0 spiro atoms. The Hall–Kier alpha value is -3.01. The van der Waals surface area contributed by atoms with Gasteiger partial charge in [-0.1, -0.05) is 0 Å². The van der Waals surface area contributed by atoms with Gasteiger partial charge in [-0.3, -0.25) is 9.52 Å². The highest BCUT2D eigenvalue weighted by Crippen LogP contribution is 2.28. The molecular formula is C17H16F2N2O5S. The molecule has 1 amide bonds. The third-order valence-electron chi connectivity index (χ3n) is 3.77. The van der Waals surface area contributed by atoms with Gasteiger partial charge in [-0.2, -0.15) is 0 Å². The van der Waals surface area contributed by atoms with Gasteiger partial charge in [-0.05, 0) is 43.2 Å². The van der Waals surface area contributed by atoms with Crippen molar-refractivity contribution in [1.82, 2.24) is 0 Å². The fourth-order valence-corrected chi connectivity index (χ4v) is 3.74. The number of carboxylic acid groups (broad SMARTS) is 1. The molecule has 0 aromatic heterocycles. The van der Waals surface area contributed by atoms with Gasteiger partial charge in [0.15, 0.2) is 0 Å². The van der Waals surface area contributed by atoms with Crippen LogP contribution in [0.15, 0.2) is 29.2 Å². The van der Waals surface area contributed by atoms with Crippen LogP contribution in [-0.2, 0) is 14.8 Å². The van der Waals surface area contributed by atoms with Crippen molar-refractivity contribution in [3.05, 3.63) is 52.6 Å². The topological polar surface area (TPSA) is 113 Å². The number of carboxylic acids is 1. The molecule has 3 N–H and O–H groups in total. The zero-order valence-corrected chi connectivity index (χ0v) is 15.4. The van der Waals surface area contributed by atoms with Crippen molar-refractivity contribution in [3.63, 3.8) is 0 Å². The molecule has 0 atom stereocenters. The lowest BCUT2D eigenvalue weighted by atomic mass is 10.1. The predicted octanol–water partition coefficient (Wildman–Crippen LogP) is 3.04. The lowest BCUT2D eigenvalue weighted by molar-refractivity contribution is -0.114. The van der Waals surface area contributed by atoms with E-state index in [1.165, 1.54) is 19.9 Å². The minimum Gasteiger partial charge on any atom is -0.478 e. The summed E-state index contributed by atoms with van der Waals surface area (Å²) in [6.07, 6.45) is 0. The Balaban J connectivity index is 2.54. The van der Waals surface area contributed by atoms with Crippen LogP contribution in [-0.4, -0.2) is 25.4 Å². The Morgan fingerprint density at radius 2 is 1.59 bits per heavy atom. The summed E-state index contributed by atoms with van der Waals surface area (Å²) in [7, 11) is -4.39. The molecule has 2 aromatic carbocycles. The summed E-state index contributed by atoms with van der Waals surface area (Å²) >= 11 is 0. The van der Waals surface area contributed by atoms with Crippen molar-refractivity contribution < 1.29 is 31.9 Å². The van der Waals surface area contributed by atoms with Crippen molar-refractivity contribution in [3.8, 4) is 0 Å². The molecule has 0 aliphatic heterocycles. The average molecular weight is 398 g/mol. The van der Waals surface area contributed by atoms with Gasteiger partial charge in [0.1, 0.15) is 11.6 Å². The zero-order chi connectivity index (χ0) is 20.5. The van der Waals surface area contributed by atoms with E-state index in [4.69, 9.17) is 5.11 Å². The van der Waals surface area contributed by atoms with E-state index in [-0.39, 0.29) is 16.0 Å². The minimum atomic E-state index is -4.39. The van der Waals surface area contributed by atoms with E-state index in [9.17, 15) is 26.8 Å². The van der Waals surface area contributed by atoms with Gasteiger partial charge in [-0.15, -0.1) is 0 Å². The van der Waals surface area contributed by atoms with Crippen LogP contribution < -0.4 is 10.0 Å². The van der Waals surface area contributed by atoms with E-state index in [0.29, 0.717) is 11.6 Å². The highest BCUT2D eigenvalue weighted by Gasteiger charge is 2.23. The molecular weight excluding hydrogens is 382 g/mol. The second-order valence-corrected chi connectivity index (χ2v) is 7.47. The number of hydrogen-bond acceptors (Lipinski definition) is 4. The van der Waals surface area contributed by atoms with Crippen LogP contribution in [0.4, 0.5) is 20.2 Å². The van der Waals surface area contributed by atoms with Crippen molar-refractivity contribution in [1.29, 1.82) is 0 Å². The van der Waals surface area contributed by atoms with Gasteiger partial charge in [0.2, 0.25) is 5.91 Å². The Labute approximate surface area is 154 Å². The second kappa shape index (κ2) is 7.31. The fourth-order valence-electron chi connectivity index (χ4n) is 2.34. The summed E-state index contributed by atoms with van der Waals surface area (Å²) in [6.45, 7) is 4.11. The van der Waals surface area contributed by atoms with E-state index < -0.39 is 44.9 Å². The Morgan fingerprint density at radius 1 is 1.00 bits per heavy atom. The molecule has 0 saturated heterocycles. The molecule has 0 fully saturated rings. The number of carbonyl (C=O) groups excluding carboxylic acids is 1. The molecule has 0 aliphatic carbocycles. The SMILES string of the molecule is CC(=O)Nc1cc(NS(=O)(=O)c2cc(C(=O)O)cc(C)c2C)c(F)cc1F. The Kier molecular flexibility index (Phi) is 5.50. The number of hydrogen-bond donors (Lipinski definition) is 3. The molecule has 10 heteroatoms. The number of amides is 1. The summed E-state index contributed by atoms with van der Waals surface area (Å²) in [4.78, 5) is 21.9. The van der Waals surface area contributed by atoms with Crippen LogP contribution in [0.2, 0.25) is 0 Å². The number of anilines is 2. The highest BCUT2D eigenvalue weighted by atomic mass is 32.2. The third-order valence-corrected chi connectivity index (χ3v) is 5.26. The third kappa shape index (κ3) is 4.40. The molecule has 27 heavy (non-hydrogen) atoms. The van der Waals surface area contributed by atoms with Crippen molar-refractivity contribution in [2.75, 3.05) is 10.0 Å². The van der Waals surface area contributed by atoms with Crippen molar-refractivity contribution in [2.45, 2.75) is 25.7 Å². The largest absolute Gasteiger partial charge is 0.478 e. The van der Waals surface area contributed by atoms with E-state index >= 15 is 0 Å². The maximum absolute atomic E-state index is 14.0. The summed E-state index contributed by atoms with van der Waals surface area (Å²) in [5, 5.41) is 11.2. The van der Waals surface area contributed by atoms with E-state index in [2.05, 4.69) is 5.32 Å². The first-order valence-corrected chi connectivity index (χ1v) is 9.04. The normalized spacial score (nSPS) is 11.1. The van der Waals surface area contributed by atoms with E-state index in [0.717, 1.165) is 19.1 Å². The van der Waals surface area contributed by atoms with Gasteiger partial charge >= 0.3 is 5.97 Å². The first-order valence-electron chi connectivity index (χ1n) is 7.56. The van der Waals surface area contributed by atoms with Gasteiger partial charge in [0.25, 0.3) is 10.0 Å². The molecule has 0 unspecified atom stereocenters. The molecule has 0 bridgehead atoms. The molecule has 7 nitrogen and oxygen atoms in total. The molecule has 0 saturated carbocycles. The van der Waals surface area contributed by atoms with Crippen molar-refractivity contribution in [2.24, 2.45) is 0 Å². The standard InChI is InChI=1S/C17H16F2N2O5S/c1-8-4-11(17(23)24)5-16(9(8)2)27(25,26)21-15-7-14(20-10(3)22)12(18)6-13(15)19/h4-7,21H,1-3H3,(H,20,22)(H,23,24). The fraction of sp³-hybridized carbons (Fsp3) is 0.176. The second-order valence-electron chi connectivity index (χ2n) is 5.82. The Bertz CT molecular complexity index is 1050. The summed E-state index contributed by atoms with van der Waals surface area (Å²) in [6, 6.07) is 3.48. The Morgan fingerprint density at radius 3 is 2.15 bits per heavy atom. The number of nitrogens with one attached hydrogen (secondary N) is 2. The number of sulfonamides is 1. The first kappa shape index (κ1) is 20.3. The minimum absolute atomic E-state index is 0.253. The lowest BCUT2D eigenvalue weighted by Crippen LogP contribution is -2.17. The van der Waals surface area contributed by atoms with Crippen molar-refractivity contribution >= 4 is 33.3 Å². The number of carbonyl (C=O) groups is 2. The van der Waals surface area contributed by atoms with Gasteiger partial charge in [0, 0.05) is 13.0 Å². The summed E-state index contributed by atoms with van der Waals surface area (Å²) < 4.78 is 55.0. The van der Waals surface area contributed by atoms with Crippen LogP contribution in [0, 0.1) is 25.5 Å². The average Bonchev–Trinajstić information content (AvgIpc) is 2.53. The molecule has 0 radical (unpaired) electrons. The number of aryl methyl sites for hydroxylation is 1. The van der Waals surface area contributed by atoms with E-state index in [1.54, 1.807) is 0 Å². The maximum atomic E-state index is 14.0. The predicted molar refractivity (Wildman–Crippen MR) is 94.3 cm³/mol. The summed E-state index contributed by atoms with van der Waals surface area (Å²) in [5.41, 5.74) is -0.574. The number of rotatable bonds is 5. The quantitative estimate of drug-likeness (QED) is 0.717. The van der Waals surface area contributed by atoms with Crippen LogP contribution in [0.1, 0.15) is 28.4 Å². The monoisotopic (exact) mass is 398 g/mol. The van der Waals surface area contributed by atoms with Crippen LogP contribution in [0.5, 0.6) is 0 Å². The lowest BCUT2D eigenvalue weighted by Gasteiger charge is -2.15. The summed E-state index contributed by atoms with van der Waals surface area (Å²) in [5.74, 6) is -4.23. The first-order chi connectivity index (χ1) is 12.4. The van der Waals surface area contributed by atoms with E-state index in [1.807, 2.05) is 4.72 Å². The molecule has 2 aromatic rings. The molecule has 144 valence electrons. The smallest absolute Gasteiger partial charge is 0.335 e. The van der Waals surface area contributed by atoms with Crippen LogP contribution in [0.25, 0.3) is 0 Å². The van der Waals surface area contributed by atoms with Gasteiger partial charge < -0.3 is 10.4 Å². The number of benzene rings is 2. The maximum Gasteiger partial charge on any atom is 0.335 e. The number of aromatic carboxylic acids is 1.